The molecule has 0 radical (unpaired) electrons. The molecule has 8 nitrogen and oxygen atoms in total. The predicted molar refractivity (Wildman–Crippen MR) is 90.1 cm³/mol. The molecule has 0 unspecified atom stereocenters. The summed E-state index contributed by atoms with van der Waals surface area (Å²) in [7, 11) is -2.29. The molecule has 1 amide bonds. The number of likely N-dealkylation sites (N-methyl/N-ethyl adjacent to an activating group) is 1. The summed E-state index contributed by atoms with van der Waals surface area (Å²) in [6.07, 6.45) is -0.0452. The number of halogens is 1. The molecule has 1 aromatic carbocycles. The number of ether oxygens (including phenoxy) is 1. The summed E-state index contributed by atoms with van der Waals surface area (Å²) >= 11 is 5.74. The van der Waals surface area contributed by atoms with Gasteiger partial charge in [-0.25, -0.2) is 13.1 Å². The van der Waals surface area contributed by atoms with Gasteiger partial charge in [0, 0.05) is 25.2 Å². The molecule has 0 atom stereocenters. The third kappa shape index (κ3) is 7.51. The summed E-state index contributed by atoms with van der Waals surface area (Å²) < 4.78 is 31.1. The molecule has 0 spiro atoms. The van der Waals surface area contributed by atoms with Gasteiger partial charge in [-0.05, 0) is 18.2 Å². The van der Waals surface area contributed by atoms with E-state index in [1.54, 1.807) is 6.07 Å². The van der Waals surface area contributed by atoms with E-state index in [9.17, 15) is 18.0 Å². The van der Waals surface area contributed by atoms with Gasteiger partial charge < -0.3 is 9.64 Å². The zero-order valence-electron chi connectivity index (χ0n) is 13.6. The summed E-state index contributed by atoms with van der Waals surface area (Å²) in [5, 5.41) is 8.72. The van der Waals surface area contributed by atoms with Crippen LogP contribution in [0.1, 0.15) is 12.8 Å². The molecule has 0 saturated heterocycles. The van der Waals surface area contributed by atoms with Crippen molar-refractivity contribution in [1.29, 1.82) is 5.26 Å². The summed E-state index contributed by atoms with van der Waals surface area (Å²) in [6.45, 7) is -0.389. The lowest BCUT2D eigenvalue weighted by Gasteiger charge is -2.15. The first-order valence-electron chi connectivity index (χ1n) is 7.28. The van der Waals surface area contributed by atoms with E-state index in [0.29, 0.717) is 0 Å². The number of nitrogens with zero attached hydrogens (tertiary/aromatic N) is 2. The van der Waals surface area contributed by atoms with Gasteiger partial charge in [-0.15, -0.1) is 0 Å². The number of benzene rings is 1. The average molecular weight is 388 g/mol. The molecule has 0 heterocycles. The Labute approximate surface area is 151 Å². The van der Waals surface area contributed by atoms with Crippen LogP contribution in [-0.4, -0.2) is 51.9 Å². The lowest BCUT2D eigenvalue weighted by molar-refractivity contribution is -0.151. The highest BCUT2D eigenvalue weighted by Gasteiger charge is 2.16. The maximum Gasteiger partial charge on any atom is 0.307 e. The van der Waals surface area contributed by atoms with E-state index in [-0.39, 0.29) is 35.8 Å². The molecule has 136 valence electrons. The van der Waals surface area contributed by atoms with E-state index in [4.69, 9.17) is 21.6 Å². The number of amides is 1. The van der Waals surface area contributed by atoms with Crippen LogP contribution in [0.5, 0.6) is 0 Å². The van der Waals surface area contributed by atoms with Crippen molar-refractivity contribution in [3.8, 4) is 6.07 Å². The Morgan fingerprint density at radius 3 is 2.76 bits per heavy atom. The van der Waals surface area contributed by atoms with E-state index in [2.05, 4.69) is 4.72 Å². The SMILES string of the molecule is CN(CCC#N)C(=O)COC(=O)CCNS(=O)(=O)c1cccc(Cl)c1. The largest absolute Gasteiger partial charge is 0.456 e. The Balaban J connectivity index is 2.37. The van der Waals surface area contributed by atoms with Crippen molar-refractivity contribution >= 4 is 33.5 Å². The fourth-order valence-corrected chi connectivity index (χ4v) is 3.00. The minimum Gasteiger partial charge on any atom is -0.456 e. The summed E-state index contributed by atoms with van der Waals surface area (Å²) in [5.41, 5.74) is 0. The van der Waals surface area contributed by atoms with Crippen molar-refractivity contribution in [2.45, 2.75) is 17.7 Å². The Morgan fingerprint density at radius 2 is 2.12 bits per heavy atom. The highest BCUT2D eigenvalue weighted by Crippen LogP contribution is 2.15. The molecule has 0 bridgehead atoms. The maximum atomic E-state index is 12.0. The molecule has 1 rings (SSSR count). The van der Waals surface area contributed by atoms with Gasteiger partial charge in [0.15, 0.2) is 6.61 Å². The molecule has 1 aromatic rings. The number of nitrogens with one attached hydrogen (secondary N) is 1. The molecule has 25 heavy (non-hydrogen) atoms. The van der Waals surface area contributed by atoms with Crippen molar-refractivity contribution in [1.82, 2.24) is 9.62 Å². The molecular weight excluding hydrogens is 370 g/mol. The highest BCUT2D eigenvalue weighted by atomic mass is 35.5. The summed E-state index contributed by atoms with van der Waals surface area (Å²) in [5.74, 6) is -1.15. The number of hydrogen-bond donors (Lipinski definition) is 1. The number of carbonyl (C=O) groups is 2. The monoisotopic (exact) mass is 387 g/mol. The second kappa shape index (κ2) is 9.98. The first kappa shape index (κ1) is 20.9. The molecule has 0 aliphatic carbocycles. The van der Waals surface area contributed by atoms with Crippen LogP contribution < -0.4 is 4.72 Å². The molecule has 0 aliphatic heterocycles. The van der Waals surface area contributed by atoms with E-state index in [0.717, 1.165) is 0 Å². The Kier molecular flexibility index (Phi) is 8.34. The van der Waals surface area contributed by atoms with Crippen LogP contribution in [0.2, 0.25) is 5.02 Å². The lowest BCUT2D eigenvalue weighted by atomic mass is 10.4. The molecule has 0 aromatic heterocycles. The van der Waals surface area contributed by atoms with Gasteiger partial charge in [0.05, 0.1) is 23.8 Å². The van der Waals surface area contributed by atoms with E-state index < -0.39 is 28.5 Å². The van der Waals surface area contributed by atoms with Crippen molar-refractivity contribution in [3.05, 3.63) is 29.3 Å². The van der Waals surface area contributed by atoms with Gasteiger partial charge >= 0.3 is 5.97 Å². The number of sulfonamides is 1. The minimum absolute atomic E-state index is 0.0114. The van der Waals surface area contributed by atoms with Crippen LogP contribution >= 0.6 is 11.6 Å². The topological polar surface area (TPSA) is 117 Å². The fraction of sp³-hybridized carbons (Fsp3) is 0.400. The molecule has 0 fully saturated rings. The molecule has 0 saturated carbocycles. The third-order valence-electron chi connectivity index (χ3n) is 3.07. The van der Waals surface area contributed by atoms with Crippen LogP contribution in [0.25, 0.3) is 0 Å². The highest BCUT2D eigenvalue weighted by molar-refractivity contribution is 7.89. The van der Waals surface area contributed by atoms with E-state index in [1.165, 1.54) is 30.1 Å². The van der Waals surface area contributed by atoms with Crippen LogP contribution in [0.3, 0.4) is 0 Å². The van der Waals surface area contributed by atoms with Gasteiger partial charge in [-0.1, -0.05) is 17.7 Å². The lowest BCUT2D eigenvalue weighted by Crippen LogP contribution is -2.32. The Morgan fingerprint density at radius 1 is 1.40 bits per heavy atom. The number of esters is 1. The normalized spacial score (nSPS) is 10.8. The van der Waals surface area contributed by atoms with Crippen molar-refractivity contribution in [3.63, 3.8) is 0 Å². The van der Waals surface area contributed by atoms with Gasteiger partial charge in [0.1, 0.15) is 0 Å². The zero-order chi connectivity index (χ0) is 18.9. The van der Waals surface area contributed by atoms with Crippen LogP contribution in [0.4, 0.5) is 0 Å². The third-order valence-corrected chi connectivity index (χ3v) is 4.76. The summed E-state index contributed by atoms with van der Waals surface area (Å²) in [4.78, 5) is 24.4. The minimum atomic E-state index is -3.78. The molecular formula is C15H18ClN3O5S. The second-order valence-corrected chi connectivity index (χ2v) is 7.19. The van der Waals surface area contributed by atoms with Gasteiger partial charge in [-0.2, -0.15) is 5.26 Å². The fourth-order valence-electron chi connectivity index (χ4n) is 1.67. The predicted octanol–water partition coefficient (Wildman–Crippen LogP) is 0.924. The Hall–Kier alpha value is -2.15. The number of nitriles is 1. The van der Waals surface area contributed by atoms with Crippen molar-refractivity contribution in [2.24, 2.45) is 0 Å². The number of hydrogen-bond acceptors (Lipinski definition) is 6. The van der Waals surface area contributed by atoms with Crippen molar-refractivity contribution < 1.29 is 22.7 Å². The zero-order valence-corrected chi connectivity index (χ0v) is 15.1. The van der Waals surface area contributed by atoms with Gasteiger partial charge in [0.2, 0.25) is 10.0 Å². The average Bonchev–Trinajstić information content (AvgIpc) is 2.57. The van der Waals surface area contributed by atoms with E-state index >= 15 is 0 Å². The van der Waals surface area contributed by atoms with E-state index in [1.807, 2.05) is 6.07 Å². The van der Waals surface area contributed by atoms with Crippen LogP contribution in [0.15, 0.2) is 29.2 Å². The quantitative estimate of drug-likeness (QED) is 0.630. The second-order valence-electron chi connectivity index (χ2n) is 4.99. The smallest absolute Gasteiger partial charge is 0.307 e. The van der Waals surface area contributed by atoms with Crippen molar-refractivity contribution in [2.75, 3.05) is 26.7 Å². The number of carbonyl (C=O) groups excluding carboxylic acids is 2. The molecule has 0 aliphatic rings. The standard InChI is InChI=1S/C15H18ClN3O5S/c1-19(9-3-7-17)14(20)11-24-15(21)6-8-18-25(22,23)13-5-2-4-12(16)10-13/h2,4-5,10,18H,3,6,8-9,11H2,1H3. The maximum absolute atomic E-state index is 12.0. The first-order chi connectivity index (χ1) is 11.8. The van der Waals surface area contributed by atoms with Gasteiger partial charge in [0.25, 0.3) is 5.91 Å². The molecule has 1 N–H and O–H groups in total. The first-order valence-corrected chi connectivity index (χ1v) is 9.14. The van der Waals surface area contributed by atoms with Crippen LogP contribution in [0, 0.1) is 11.3 Å². The number of rotatable bonds is 9. The Bertz CT molecular complexity index is 761. The molecule has 10 heteroatoms. The summed E-state index contributed by atoms with van der Waals surface area (Å²) in [6, 6.07) is 7.61. The van der Waals surface area contributed by atoms with Gasteiger partial charge in [-0.3, -0.25) is 9.59 Å². The van der Waals surface area contributed by atoms with Crippen LogP contribution in [-0.2, 0) is 24.3 Å².